The van der Waals surface area contributed by atoms with Crippen molar-refractivity contribution in [2.45, 2.75) is 38.0 Å². The molecule has 0 bridgehead atoms. The van der Waals surface area contributed by atoms with Crippen LogP contribution in [0.25, 0.3) is 0 Å². The summed E-state index contributed by atoms with van der Waals surface area (Å²) in [7, 11) is -2.18. The molecule has 0 aliphatic carbocycles. The third kappa shape index (κ3) is 3.94. The van der Waals surface area contributed by atoms with Crippen molar-refractivity contribution in [1.29, 1.82) is 0 Å². The standard InChI is InChI=1S/C14H23NO4S/c1-10(2)12-9-14(13(19-4)8-11(12)3)20(17,18)15-6-5-7-16/h8-10,15-16H,5-7H2,1-4H3. The summed E-state index contributed by atoms with van der Waals surface area (Å²) in [4.78, 5) is 0.146. The van der Waals surface area contributed by atoms with E-state index in [2.05, 4.69) is 4.72 Å². The van der Waals surface area contributed by atoms with Crippen LogP contribution < -0.4 is 9.46 Å². The average molecular weight is 301 g/mol. The Morgan fingerprint density at radius 2 is 2.00 bits per heavy atom. The summed E-state index contributed by atoms with van der Waals surface area (Å²) >= 11 is 0. The molecule has 0 unspecified atom stereocenters. The maximum absolute atomic E-state index is 12.3. The molecule has 0 amide bonds. The second-order valence-electron chi connectivity index (χ2n) is 4.99. The molecule has 0 saturated carbocycles. The van der Waals surface area contributed by atoms with Gasteiger partial charge in [0.15, 0.2) is 0 Å². The van der Waals surface area contributed by atoms with Crippen molar-refractivity contribution in [1.82, 2.24) is 4.72 Å². The molecular formula is C14H23NO4S. The zero-order valence-electron chi connectivity index (χ0n) is 12.4. The van der Waals surface area contributed by atoms with Crippen molar-refractivity contribution in [3.05, 3.63) is 23.3 Å². The molecule has 20 heavy (non-hydrogen) atoms. The number of hydrogen-bond donors (Lipinski definition) is 2. The van der Waals surface area contributed by atoms with Gasteiger partial charge in [-0.25, -0.2) is 13.1 Å². The first-order valence-electron chi connectivity index (χ1n) is 6.62. The molecule has 5 nitrogen and oxygen atoms in total. The zero-order valence-corrected chi connectivity index (χ0v) is 13.3. The molecule has 1 aromatic rings. The highest BCUT2D eigenvalue weighted by molar-refractivity contribution is 7.89. The predicted molar refractivity (Wildman–Crippen MR) is 78.7 cm³/mol. The first-order chi connectivity index (χ1) is 9.33. The second kappa shape index (κ2) is 7.06. The summed E-state index contributed by atoms with van der Waals surface area (Å²) in [5.74, 6) is 0.565. The van der Waals surface area contributed by atoms with E-state index < -0.39 is 10.0 Å². The molecule has 0 spiro atoms. The molecule has 0 saturated heterocycles. The maximum Gasteiger partial charge on any atom is 0.244 e. The molecule has 6 heteroatoms. The van der Waals surface area contributed by atoms with Crippen LogP contribution >= 0.6 is 0 Å². The summed E-state index contributed by atoms with van der Waals surface area (Å²) in [6, 6.07) is 3.41. The molecule has 0 atom stereocenters. The Morgan fingerprint density at radius 3 is 2.50 bits per heavy atom. The quantitative estimate of drug-likeness (QED) is 0.753. The van der Waals surface area contributed by atoms with Crippen molar-refractivity contribution >= 4 is 10.0 Å². The highest BCUT2D eigenvalue weighted by atomic mass is 32.2. The molecule has 1 aromatic carbocycles. The minimum atomic E-state index is -3.63. The minimum Gasteiger partial charge on any atom is -0.495 e. The number of methoxy groups -OCH3 is 1. The highest BCUT2D eigenvalue weighted by Gasteiger charge is 2.21. The lowest BCUT2D eigenvalue weighted by Crippen LogP contribution is -2.26. The average Bonchev–Trinajstić information content (AvgIpc) is 2.37. The van der Waals surface area contributed by atoms with Crippen LogP contribution in [0.5, 0.6) is 5.75 Å². The molecule has 114 valence electrons. The fraction of sp³-hybridized carbons (Fsp3) is 0.571. The Kier molecular flexibility index (Phi) is 5.98. The number of nitrogens with one attached hydrogen (secondary N) is 1. The van der Waals surface area contributed by atoms with Crippen LogP contribution in [0.1, 0.15) is 37.3 Å². The third-order valence-corrected chi connectivity index (χ3v) is 4.57. The summed E-state index contributed by atoms with van der Waals surface area (Å²) in [6.45, 7) is 6.12. The van der Waals surface area contributed by atoms with Gasteiger partial charge in [0.2, 0.25) is 10.0 Å². The van der Waals surface area contributed by atoms with Crippen molar-refractivity contribution in [3.8, 4) is 5.75 Å². The van der Waals surface area contributed by atoms with E-state index in [0.29, 0.717) is 12.2 Å². The van der Waals surface area contributed by atoms with Gasteiger partial charge in [-0.1, -0.05) is 13.8 Å². The molecule has 2 N–H and O–H groups in total. The van der Waals surface area contributed by atoms with Gasteiger partial charge in [0.1, 0.15) is 10.6 Å². The number of rotatable bonds is 7. The zero-order chi connectivity index (χ0) is 15.3. The summed E-state index contributed by atoms with van der Waals surface area (Å²) in [5, 5.41) is 8.73. The number of ether oxygens (including phenoxy) is 1. The van der Waals surface area contributed by atoms with E-state index in [4.69, 9.17) is 9.84 Å². The van der Waals surface area contributed by atoms with Crippen LogP contribution in [0.4, 0.5) is 0 Å². The number of aryl methyl sites for hydroxylation is 1. The van der Waals surface area contributed by atoms with Crippen LogP contribution in [-0.4, -0.2) is 33.8 Å². The van der Waals surface area contributed by atoms with Crippen molar-refractivity contribution in [2.75, 3.05) is 20.3 Å². The number of benzene rings is 1. The number of aliphatic hydroxyl groups is 1. The van der Waals surface area contributed by atoms with E-state index in [1.54, 1.807) is 12.1 Å². The summed E-state index contributed by atoms with van der Waals surface area (Å²) < 4.78 is 32.3. The molecule has 0 aromatic heterocycles. The van der Waals surface area contributed by atoms with Crippen LogP contribution in [0.2, 0.25) is 0 Å². The Balaban J connectivity index is 3.24. The van der Waals surface area contributed by atoms with E-state index in [0.717, 1.165) is 11.1 Å². The Morgan fingerprint density at radius 1 is 1.35 bits per heavy atom. The van der Waals surface area contributed by atoms with Gasteiger partial charge in [-0.2, -0.15) is 0 Å². The van der Waals surface area contributed by atoms with Gasteiger partial charge in [0.25, 0.3) is 0 Å². The van der Waals surface area contributed by atoms with E-state index in [1.165, 1.54) is 7.11 Å². The molecular weight excluding hydrogens is 278 g/mol. The van der Waals surface area contributed by atoms with Crippen molar-refractivity contribution < 1.29 is 18.3 Å². The third-order valence-electron chi connectivity index (χ3n) is 3.09. The van der Waals surface area contributed by atoms with Crippen LogP contribution in [0.3, 0.4) is 0 Å². The van der Waals surface area contributed by atoms with Gasteiger partial charge in [0.05, 0.1) is 7.11 Å². The number of hydrogen-bond acceptors (Lipinski definition) is 4. The summed E-state index contributed by atoms with van der Waals surface area (Å²) in [6.07, 6.45) is 0.379. The van der Waals surface area contributed by atoms with Gasteiger partial charge in [-0.15, -0.1) is 0 Å². The van der Waals surface area contributed by atoms with Crippen LogP contribution in [0.15, 0.2) is 17.0 Å². The highest BCUT2D eigenvalue weighted by Crippen LogP contribution is 2.30. The first-order valence-corrected chi connectivity index (χ1v) is 8.10. The van der Waals surface area contributed by atoms with E-state index in [-0.39, 0.29) is 24.0 Å². The fourth-order valence-electron chi connectivity index (χ4n) is 2.03. The topological polar surface area (TPSA) is 75.6 Å². The van der Waals surface area contributed by atoms with Crippen molar-refractivity contribution in [2.24, 2.45) is 0 Å². The van der Waals surface area contributed by atoms with Gasteiger partial charge in [-0.3, -0.25) is 0 Å². The number of aliphatic hydroxyl groups excluding tert-OH is 1. The largest absolute Gasteiger partial charge is 0.495 e. The lowest BCUT2D eigenvalue weighted by molar-refractivity contribution is 0.289. The van der Waals surface area contributed by atoms with E-state index in [1.807, 2.05) is 20.8 Å². The Labute approximate surface area is 121 Å². The van der Waals surface area contributed by atoms with Gasteiger partial charge in [-0.05, 0) is 42.5 Å². The van der Waals surface area contributed by atoms with Crippen molar-refractivity contribution in [3.63, 3.8) is 0 Å². The molecule has 0 fully saturated rings. The van der Waals surface area contributed by atoms with Gasteiger partial charge >= 0.3 is 0 Å². The molecule has 0 radical (unpaired) electrons. The maximum atomic E-state index is 12.3. The van der Waals surface area contributed by atoms with Crippen LogP contribution in [0, 0.1) is 6.92 Å². The molecule has 1 rings (SSSR count). The normalized spacial score (nSPS) is 11.9. The van der Waals surface area contributed by atoms with Crippen LogP contribution in [-0.2, 0) is 10.0 Å². The molecule has 0 aliphatic heterocycles. The predicted octanol–water partition coefficient (Wildman–Crippen LogP) is 1.79. The SMILES string of the molecule is COc1cc(C)c(C(C)C)cc1S(=O)(=O)NCCCO. The van der Waals surface area contributed by atoms with E-state index in [9.17, 15) is 8.42 Å². The van der Waals surface area contributed by atoms with Gasteiger partial charge < -0.3 is 9.84 Å². The minimum absolute atomic E-state index is 0.0508. The second-order valence-corrected chi connectivity index (χ2v) is 6.72. The van der Waals surface area contributed by atoms with Gasteiger partial charge in [0, 0.05) is 13.2 Å². The monoisotopic (exact) mass is 301 g/mol. The lowest BCUT2D eigenvalue weighted by Gasteiger charge is -2.16. The Bertz CT molecular complexity index is 553. The number of sulfonamides is 1. The molecule has 0 aliphatic rings. The smallest absolute Gasteiger partial charge is 0.244 e. The first kappa shape index (κ1) is 16.9. The lowest BCUT2D eigenvalue weighted by atomic mass is 9.98. The Hall–Kier alpha value is -1.11. The fourth-order valence-corrected chi connectivity index (χ4v) is 3.29. The summed E-state index contributed by atoms with van der Waals surface area (Å²) in [5.41, 5.74) is 1.99. The molecule has 0 heterocycles. The van der Waals surface area contributed by atoms with E-state index >= 15 is 0 Å².